The predicted octanol–water partition coefficient (Wildman–Crippen LogP) is 1.68. The van der Waals surface area contributed by atoms with Gasteiger partial charge in [0.1, 0.15) is 4.90 Å². The number of carbonyl (C=O) groups excluding carboxylic acids is 1. The quantitative estimate of drug-likeness (QED) is 0.900. The molecular formula is C18H21N3O3S. The molecule has 0 spiro atoms. The molecule has 7 heteroatoms. The molecular weight excluding hydrogens is 338 g/mol. The van der Waals surface area contributed by atoms with Gasteiger partial charge in [0.15, 0.2) is 0 Å². The average Bonchev–Trinajstić information content (AvgIpc) is 3.07. The number of para-hydroxylation sites is 1. The monoisotopic (exact) mass is 359 g/mol. The third-order valence-corrected chi connectivity index (χ3v) is 6.23. The standard InChI is InChI=1S/C18H21N3O3S/c1-20(15-7-3-2-4-8-15)25(23,24)17-10-6-5-9-16(17)18(22)21-12-11-14(19)13-21/h2-10,14H,11-13,19H2,1H3/t14-/m1/s1. The Hall–Kier alpha value is -2.38. The first-order valence-corrected chi connectivity index (χ1v) is 9.53. The van der Waals surface area contributed by atoms with Crippen LogP contribution in [-0.4, -0.2) is 45.4 Å². The lowest BCUT2D eigenvalue weighted by Crippen LogP contribution is -2.34. The second-order valence-electron chi connectivity index (χ2n) is 6.10. The van der Waals surface area contributed by atoms with Gasteiger partial charge in [0, 0.05) is 26.2 Å². The van der Waals surface area contributed by atoms with E-state index in [2.05, 4.69) is 0 Å². The summed E-state index contributed by atoms with van der Waals surface area (Å²) in [6.45, 7) is 0.991. The van der Waals surface area contributed by atoms with E-state index in [4.69, 9.17) is 5.73 Å². The minimum atomic E-state index is -3.86. The zero-order valence-corrected chi connectivity index (χ0v) is 14.8. The number of amides is 1. The van der Waals surface area contributed by atoms with Gasteiger partial charge in [-0.25, -0.2) is 8.42 Å². The summed E-state index contributed by atoms with van der Waals surface area (Å²) in [6, 6.07) is 15.0. The molecule has 25 heavy (non-hydrogen) atoms. The number of anilines is 1. The number of nitrogens with two attached hydrogens (primary N) is 1. The van der Waals surface area contributed by atoms with Crippen LogP contribution >= 0.6 is 0 Å². The topological polar surface area (TPSA) is 83.7 Å². The third-order valence-electron chi connectivity index (χ3n) is 4.39. The first kappa shape index (κ1) is 17.4. The number of sulfonamides is 1. The van der Waals surface area contributed by atoms with Crippen molar-refractivity contribution in [3.8, 4) is 0 Å². The van der Waals surface area contributed by atoms with E-state index in [1.165, 1.54) is 17.4 Å². The van der Waals surface area contributed by atoms with Crippen molar-refractivity contribution in [2.75, 3.05) is 24.4 Å². The van der Waals surface area contributed by atoms with Crippen LogP contribution < -0.4 is 10.0 Å². The van der Waals surface area contributed by atoms with Gasteiger partial charge in [0.25, 0.3) is 15.9 Å². The van der Waals surface area contributed by atoms with Crippen molar-refractivity contribution in [2.24, 2.45) is 5.73 Å². The maximum atomic E-state index is 13.1. The number of rotatable bonds is 4. The molecule has 0 aromatic heterocycles. The van der Waals surface area contributed by atoms with E-state index in [0.717, 1.165) is 6.42 Å². The van der Waals surface area contributed by atoms with Crippen LogP contribution in [0.3, 0.4) is 0 Å². The summed E-state index contributed by atoms with van der Waals surface area (Å²) in [6.07, 6.45) is 0.727. The molecule has 0 saturated carbocycles. The lowest BCUT2D eigenvalue weighted by Gasteiger charge is -2.22. The van der Waals surface area contributed by atoms with Crippen LogP contribution in [0.25, 0.3) is 0 Å². The van der Waals surface area contributed by atoms with Crippen LogP contribution in [0.15, 0.2) is 59.5 Å². The maximum Gasteiger partial charge on any atom is 0.264 e. The Labute approximate surface area is 147 Å². The Kier molecular flexibility index (Phi) is 4.78. The molecule has 3 rings (SSSR count). The number of hydrogen-bond donors (Lipinski definition) is 1. The molecule has 0 aliphatic carbocycles. The van der Waals surface area contributed by atoms with Crippen molar-refractivity contribution in [2.45, 2.75) is 17.4 Å². The van der Waals surface area contributed by atoms with Crippen LogP contribution in [0.1, 0.15) is 16.8 Å². The Balaban J connectivity index is 1.99. The summed E-state index contributed by atoms with van der Waals surface area (Å²) in [5.74, 6) is -0.298. The SMILES string of the molecule is CN(c1ccccc1)S(=O)(=O)c1ccccc1C(=O)N1CC[C@@H](N)C1. The zero-order chi connectivity index (χ0) is 18.0. The zero-order valence-electron chi connectivity index (χ0n) is 14.0. The van der Waals surface area contributed by atoms with Gasteiger partial charge < -0.3 is 10.6 Å². The van der Waals surface area contributed by atoms with Crippen LogP contribution in [0.5, 0.6) is 0 Å². The normalized spacial score (nSPS) is 17.5. The van der Waals surface area contributed by atoms with Crippen molar-refractivity contribution in [1.29, 1.82) is 0 Å². The van der Waals surface area contributed by atoms with Crippen LogP contribution in [-0.2, 0) is 10.0 Å². The van der Waals surface area contributed by atoms with E-state index < -0.39 is 10.0 Å². The smallest absolute Gasteiger partial charge is 0.264 e. The lowest BCUT2D eigenvalue weighted by atomic mass is 10.2. The van der Waals surface area contributed by atoms with Gasteiger partial charge in [-0.2, -0.15) is 0 Å². The maximum absolute atomic E-state index is 13.1. The molecule has 1 amide bonds. The van der Waals surface area contributed by atoms with Gasteiger partial charge in [-0.3, -0.25) is 9.10 Å². The number of carbonyl (C=O) groups is 1. The molecule has 6 nitrogen and oxygen atoms in total. The summed E-state index contributed by atoms with van der Waals surface area (Å²) in [7, 11) is -2.37. The molecule has 1 aliphatic rings. The fraction of sp³-hybridized carbons (Fsp3) is 0.278. The molecule has 0 unspecified atom stereocenters. The van der Waals surface area contributed by atoms with Gasteiger partial charge in [-0.1, -0.05) is 30.3 Å². The van der Waals surface area contributed by atoms with Gasteiger partial charge in [0.05, 0.1) is 11.3 Å². The minimum Gasteiger partial charge on any atom is -0.337 e. The molecule has 0 radical (unpaired) electrons. The molecule has 1 atom stereocenters. The van der Waals surface area contributed by atoms with E-state index >= 15 is 0 Å². The highest BCUT2D eigenvalue weighted by Gasteiger charge is 2.31. The van der Waals surface area contributed by atoms with E-state index in [-0.39, 0.29) is 22.4 Å². The van der Waals surface area contributed by atoms with Crippen molar-refractivity contribution >= 4 is 21.6 Å². The Morgan fingerprint density at radius 2 is 1.76 bits per heavy atom. The fourth-order valence-corrected chi connectivity index (χ4v) is 4.31. The molecule has 132 valence electrons. The summed E-state index contributed by atoms with van der Waals surface area (Å²) in [5.41, 5.74) is 6.58. The molecule has 1 saturated heterocycles. The molecule has 1 fully saturated rings. The van der Waals surface area contributed by atoms with E-state index in [1.807, 2.05) is 6.07 Å². The highest BCUT2D eigenvalue weighted by Crippen LogP contribution is 2.26. The average molecular weight is 359 g/mol. The lowest BCUT2D eigenvalue weighted by molar-refractivity contribution is 0.0787. The summed E-state index contributed by atoms with van der Waals surface area (Å²) in [5, 5.41) is 0. The van der Waals surface area contributed by atoms with Crippen LogP contribution in [0.2, 0.25) is 0 Å². The van der Waals surface area contributed by atoms with Crippen molar-refractivity contribution in [3.63, 3.8) is 0 Å². The van der Waals surface area contributed by atoms with E-state index in [1.54, 1.807) is 47.4 Å². The van der Waals surface area contributed by atoms with Gasteiger partial charge in [0.2, 0.25) is 0 Å². The minimum absolute atomic E-state index is 0.00632. The summed E-state index contributed by atoms with van der Waals surface area (Å²) >= 11 is 0. The molecule has 1 aliphatic heterocycles. The number of likely N-dealkylation sites (tertiary alicyclic amines) is 1. The van der Waals surface area contributed by atoms with Crippen LogP contribution in [0, 0.1) is 0 Å². The Morgan fingerprint density at radius 1 is 1.12 bits per heavy atom. The second kappa shape index (κ2) is 6.85. The third kappa shape index (κ3) is 3.38. The number of nitrogens with zero attached hydrogens (tertiary/aromatic N) is 2. The second-order valence-corrected chi connectivity index (χ2v) is 8.04. The Morgan fingerprint density at radius 3 is 2.40 bits per heavy atom. The number of hydrogen-bond acceptors (Lipinski definition) is 4. The molecule has 2 aromatic rings. The summed E-state index contributed by atoms with van der Waals surface area (Å²) in [4.78, 5) is 14.4. The first-order valence-electron chi connectivity index (χ1n) is 8.09. The Bertz CT molecular complexity index is 868. The van der Waals surface area contributed by atoms with Crippen molar-refractivity contribution < 1.29 is 13.2 Å². The number of benzene rings is 2. The molecule has 0 bridgehead atoms. The van der Waals surface area contributed by atoms with Crippen molar-refractivity contribution in [3.05, 3.63) is 60.2 Å². The molecule has 1 heterocycles. The van der Waals surface area contributed by atoms with E-state index in [0.29, 0.717) is 18.8 Å². The van der Waals surface area contributed by atoms with Crippen LogP contribution in [0.4, 0.5) is 5.69 Å². The highest BCUT2D eigenvalue weighted by molar-refractivity contribution is 7.92. The van der Waals surface area contributed by atoms with Gasteiger partial charge in [-0.05, 0) is 30.7 Å². The van der Waals surface area contributed by atoms with E-state index in [9.17, 15) is 13.2 Å². The van der Waals surface area contributed by atoms with Gasteiger partial charge in [-0.15, -0.1) is 0 Å². The summed E-state index contributed by atoms with van der Waals surface area (Å²) < 4.78 is 27.3. The molecule has 2 N–H and O–H groups in total. The highest BCUT2D eigenvalue weighted by atomic mass is 32.2. The predicted molar refractivity (Wildman–Crippen MR) is 97.0 cm³/mol. The van der Waals surface area contributed by atoms with Gasteiger partial charge >= 0.3 is 0 Å². The largest absolute Gasteiger partial charge is 0.337 e. The fourth-order valence-electron chi connectivity index (χ4n) is 2.93. The molecule has 2 aromatic carbocycles. The first-order chi connectivity index (χ1) is 11.9. The van der Waals surface area contributed by atoms with Crippen molar-refractivity contribution in [1.82, 2.24) is 4.90 Å².